The minimum absolute atomic E-state index is 0.233. The number of imidazole rings is 1. The van der Waals surface area contributed by atoms with Gasteiger partial charge in [-0.1, -0.05) is 49.3 Å². The van der Waals surface area contributed by atoms with Gasteiger partial charge in [-0.25, -0.2) is 9.97 Å². The lowest BCUT2D eigenvalue weighted by molar-refractivity contribution is 0.419. The van der Waals surface area contributed by atoms with Gasteiger partial charge in [0, 0.05) is 42.9 Å². The largest absolute Gasteiger partial charge is 0.350 e. The average molecular weight is 415 g/mol. The maximum atomic E-state index is 5.45. The molecule has 4 aromatic rings. The molecule has 0 N–H and O–H groups in total. The Morgan fingerprint density at radius 3 is 2.77 bits per heavy atom. The lowest BCUT2D eigenvalue weighted by Crippen LogP contribution is -2.32. The highest BCUT2D eigenvalue weighted by molar-refractivity contribution is 5.59. The average Bonchev–Trinajstić information content (AvgIpc) is 3.46. The number of hydrogen-bond donors (Lipinski definition) is 0. The van der Waals surface area contributed by atoms with Gasteiger partial charge >= 0.3 is 0 Å². The molecule has 0 spiro atoms. The van der Waals surface area contributed by atoms with Gasteiger partial charge in [-0.3, -0.25) is 0 Å². The second-order valence-electron chi connectivity index (χ2n) is 8.25. The molecule has 3 aromatic heterocycles. The molecule has 7 nitrogen and oxygen atoms in total. The highest BCUT2D eigenvalue weighted by Crippen LogP contribution is 2.27. The molecule has 0 radical (unpaired) electrons. The molecule has 1 aliphatic heterocycles. The van der Waals surface area contributed by atoms with Gasteiger partial charge in [0.15, 0.2) is 5.82 Å². The van der Waals surface area contributed by atoms with E-state index in [4.69, 9.17) is 9.51 Å². The Morgan fingerprint density at radius 1 is 1.10 bits per heavy atom. The summed E-state index contributed by atoms with van der Waals surface area (Å²) in [6.45, 7) is 6.72. The van der Waals surface area contributed by atoms with Crippen molar-refractivity contribution in [2.45, 2.75) is 45.7 Å². The zero-order valence-electron chi connectivity index (χ0n) is 17.9. The number of hydrogen-bond acceptors (Lipinski definition) is 6. The van der Waals surface area contributed by atoms with Gasteiger partial charge in [0.05, 0.1) is 18.6 Å². The Kier molecular flexibility index (Phi) is 5.24. The van der Waals surface area contributed by atoms with E-state index in [0.29, 0.717) is 5.89 Å². The number of nitrogens with zero attached hydrogens (tertiary/aromatic N) is 6. The van der Waals surface area contributed by atoms with Crippen LogP contribution in [0.4, 0.5) is 5.82 Å². The number of aromatic nitrogens is 5. The summed E-state index contributed by atoms with van der Waals surface area (Å²) in [6.07, 6.45) is 5.75. The minimum atomic E-state index is 0.233. The summed E-state index contributed by atoms with van der Waals surface area (Å²) in [4.78, 5) is 16.1. The van der Waals surface area contributed by atoms with E-state index in [2.05, 4.69) is 68.8 Å². The number of pyridine rings is 1. The van der Waals surface area contributed by atoms with Gasteiger partial charge in [0.2, 0.25) is 0 Å². The van der Waals surface area contributed by atoms with Gasteiger partial charge in [-0.15, -0.1) is 0 Å². The maximum Gasteiger partial charge on any atom is 0.258 e. The summed E-state index contributed by atoms with van der Waals surface area (Å²) in [5, 5.41) is 4.07. The molecule has 0 aliphatic carbocycles. The molecule has 0 fully saturated rings. The summed E-state index contributed by atoms with van der Waals surface area (Å²) in [5.41, 5.74) is 4.71. The molecule has 5 rings (SSSR count). The molecular formula is C24H26N6O. The lowest BCUT2D eigenvalue weighted by atomic mass is 10.1. The van der Waals surface area contributed by atoms with Crippen LogP contribution < -0.4 is 4.90 Å². The Bertz CT molecular complexity index is 1160. The molecule has 0 atom stereocenters. The highest BCUT2D eigenvalue weighted by atomic mass is 16.5. The quantitative estimate of drug-likeness (QED) is 0.469. The van der Waals surface area contributed by atoms with Crippen molar-refractivity contribution in [3.63, 3.8) is 0 Å². The van der Waals surface area contributed by atoms with Crippen LogP contribution in [0.1, 0.15) is 42.5 Å². The number of fused-ring (bicyclic) bond motifs is 1. The Labute approximate surface area is 181 Å². The summed E-state index contributed by atoms with van der Waals surface area (Å²) >= 11 is 0. The first-order chi connectivity index (χ1) is 15.2. The minimum Gasteiger partial charge on any atom is -0.350 e. The van der Waals surface area contributed by atoms with E-state index >= 15 is 0 Å². The van der Waals surface area contributed by atoms with Crippen LogP contribution in [-0.2, 0) is 25.9 Å². The van der Waals surface area contributed by atoms with Crippen molar-refractivity contribution in [3.05, 3.63) is 77.8 Å². The van der Waals surface area contributed by atoms with E-state index in [9.17, 15) is 0 Å². The van der Waals surface area contributed by atoms with E-state index < -0.39 is 0 Å². The van der Waals surface area contributed by atoms with E-state index in [0.717, 1.165) is 55.4 Å². The van der Waals surface area contributed by atoms with Crippen LogP contribution in [0.2, 0.25) is 0 Å². The van der Waals surface area contributed by atoms with Crippen molar-refractivity contribution in [1.29, 1.82) is 0 Å². The fourth-order valence-electron chi connectivity index (χ4n) is 3.96. The van der Waals surface area contributed by atoms with Crippen molar-refractivity contribution in [2.24, 2.45) is 0 Å². The monoisotopic (exact) mass is 414 g/mol. The van der Waals surface area contributed by atoms with Crippen LogP contribution in [-0.4, -0.2) is 31.2 Å². The number of aryl methyl sites for hydroxylation is 2. The SMILES string of the molecule is CC(C)c1noc(-c2ccnc(N3CCc4c(ncn4CCc4ccccc4)C3)c2)n1. The van der Waals surface area contributed by atoms with E-state index in [1.54, 1.807) is 6.20 Å². The van der Waals surface area contributed by atoms with Gasteiger partial charge < -0.3 is 14.0 Å². The molecule has 1 aliphatic rings. The fraction of sp³-hybridized carbons (Fsp3) is 0.333. The molecule has 0 saturated carbocycles. The molecule has 7 heteroatoms. The van der Waals surface area contributed by atoms with Crippen LogP contribution in [0.5, 0.6) is 0 Å². The third-order valence-electron chi connectivity index (χ3n) is 5.75. The van der Waals surface area contributed by atoms with Crippen LogP contribution in [0.15, 0.2) is 59.5 Å². The molecule has 158 valence electrons. The maximum absolute atomic E-state index is 5.45. The van der Waals surface area contributed by atoms with Crippen molar-refractivity contribution in [2.75, 3.05) is 11.4 Å². The molecule has 0 bridgehead atoms. The predicted octanol–water partition coefficient (Wildman–Crippen LogP) is 4.26. The van der Waals surface area contributed by atoms with Crippen molar-refractivity contribution in [1.82, 2.24) is 24.7 Å². The molecule has 31 heavy (non-hydrogen) atoms. The third-order valence-corrected chi connectivity index (χ3v) is 5.75. The zero-order valence-corrected chi connectivity index (χ0v) is 17.9. The van der Waals surface area contributed by atoms with E-state index in [1.165, 1.54) is 11.3 Å². The molecule has 0 saturated heterocycles. The summed E-state index contributed by atoms with van der Waals surface area (Å²) in [5.74, 6) is 2.40. The predicted molar refractivity (Wildman–Crippen MR) is 119 cm³/mol. The first-order valence-electron chi connectivity index (χ1n) is 10.8. The van der Waals surface area contributed by atoms with Crippen molar-refractivity contribution < 1.29 is 4.52 Å². The van der Waals surface area contributed by atoms with Crippen molar-refractivity contribution in [3.8, 4) is 11.5 Å². The smallest absolute Gasteiger partial charge is 0.258 e. The van der Waals surface area contributed by atoms with Crippen molar-refractivity contribution >= 4 is 5.82 Å². The Morgan fingerprint density at radius 2 is 1.97 bits per heavy atom. The first-order valence-corrected chi connectivity index (χ1v) is 10.8. The van der Waals surface area contributed by atoms with E-state index in [1.807, 2.05) is 18.5 Å². The molecule has 4 heterocycles. The Hall–Kier alpha value is -3.48. The van der Waals surface area contributed by atoms with Crippen LogP contribution in [0.3, 0.4) is 0 Å². The molecule has 0 unspecified atom stereocenters. The Balaban J connectivity index is 1.30. The zero-order chi connectivity index (χ0) is 21.2. The lowest BCUT2D eigenvalue weighted by Gasteiger charge is -2.28. The topological polar surface area (TPSA) is 72.9 Å². The molecule has 1 aromatic carbocycles. The van der Waals surface area contributed by atoms with Crippen LogP contribution >= 0.6 is 0 Å². The summed E-state index contributed by atoms with van der Waals surface area (Å²) < 4.78 is 7.76. The summed E-state index contributed by atoms with van der Waals surface area (Å²) in [6, 6.07) is 14.5. The number of rotatable bonds is 6. The third kappa shape index (κ3) is 4.08. The highest BCUT2D eigenvalue weighted by Gasteiger charge is 2.22. The van der Waals surface area contributed by atoms with Crippen LogP contribution in [0.25, 0.3) is 11.5 Å². The van der Waals surface area contributed by atoms with Crippen LogP contribution in [0, 0.1) is 0 Å². The van der Waals surface area contributed by atoms with Gasteiger partial charge in [0.25, 0.3) is 5.89 Å². The van der Waals surface area contributed by atoms with Gasteiger partial charge in [-0.2, -0.15) is 4.98 Å². The fourth-order valence-corrected chi connectivity index (χ4v) is 3.96. The standard InChI is InChI=1S/C24H26N6O/c1-17(2)23-27-24(31-28-23)19-8-11-25-22(14-19)29-13-10-21-20(15-29)26-16-30(21)12-9-18-6-4-3-5-7-18/h3-8,11,14,16-17H,9-10,12-13,15H2,1-2H3. The van der Waals surface area contributed by atoms with E-state index in [-0.39, 0.29) is 5.92 Å². The van der Waals surface area contributed by atoms with Gasteiger partial charge in [0.1, 0.15) is 5.82 Å². The van der Waals surface area contributed by atoms with Gasteiger partial charge in [-0.05, 0) is 24.1 Å². The number of anilines is 1. The first kappa shape index (κ1) is 19.5. The normalized spacial score (nSPS) is 13.6. The molecule has 0 amide bonds. The molecular weight excluding hydrogens is 388 g/mol. The number of benzene rings is 1. The second-order valence-corrected chi connectivity index (χ2v) is 8.25. The summed E-state index contributed by atoms with van der Waals surface area (Å²) in [7, 11) is 0. The second kappa shape index (κ2) is 8.34.